The van der Waals surface area contributed by atoms with Gasteiger partial charge >= 0.3 is 0 Å². The maximum atomic E-state index is 12.9. The van der Waals surface area contributed by atoms with Crippen molar-refractivity contribution >= 4 is 37.1 Å². The van der Waals surface area contributed by atoms with Gasteiger partial charge in [-0.3, -0.25) is 0 Å². The highest BCUT2D eigenvalue weighted by atomic mass is 32.2. The molecule has 0 amide bonds. The molecule has 2 aromatic heterocycles. The first-order valence-corrected chi connectivity index (χ1v) is 11.1. The van der Waals surface area contributed by atoms with Gasteiger partial charge in [0.25, 0.3) is 0 Å². The molecule has 0 radical (unpaired) electrons. The van der Waals surface area contributed by atoms with E-state index in [9.17, 15) is 8.42 Å². The average Bonchev–Trinajstić information content (AvgIpc) is 3.09. The Morgan fingerprint density at radius 2 is 1.88 bits per heavy atom. The lowest BCUT2D eigenvalue weighted by atomic mass is 10.2. The van der Waals surface area contributed by atoms with Crippen molar-refractivity contribution in [2.24, 2.45) is 0 Å². The van der Waals surface area contributed by atoms with Gasteiger partial charge in [-0.2, -0.15) is 0 Å². The van der Waals surface area contributed by atoms with Gasteiger partial charge in [-0.25, -0.2) is 13.4 Å². The van der Waals surface area contributed by atoms with Crippen LogP contribution in [0.5, 0.6) is 0 Å². The quantitative estimate of drug-likeness (QED) is 0.746. The molecule has 0 unspecified atom stereocenters. The number of hydrogen-bond acceptors (Lipinski definition) is 6. The fourth-order valence-electron chi connectivity index (χ4n) is 3.18. The minimum atomic E-state index is -3.38. The number of aromatic nitrogens is 1. The predicted octanol–water partition coefficient (Wildman–Crippen LogP) is 2.99. The number of anilines is 1. The summed E-state index contributed by atoms with van der Waals surface area (Å²) in [6, 6.07) is 11.4. The van der Waals surface area contributed by atoms with Crippen molar-refractivity contribution in [1.29, 1.82) is 0 Å². The Balaban J connectivity index is 1.69. The second-order valence-corrected chi connectivity index (χ2v) is 9.89. The van der Waals surface area contributed by atoms with Gasteiger partial charge in [0.1, 0.15) is 10.0 Å². The highest BCUT2D eigenvalue weighted by molar-refractivity contribution is 7.92. The Morgan fingerprint density at radius 3 is 2.62 bits per heavy atom. The third-order valence-corrected chi connectivity index (χ3v) is 7.95. The second-order valence-electron chi connectivity index (χ2n) is 6.59. The van der Waals surface area contributed by atoms with Crippen molar-refractivity contribution < 1.29 is 8.42 Å². The van der Waals surface area contributed by atoms with Crippen molar-refractivity contribution in [2.45, 2.75) is 16.9 Å². The summed E-state index contributed by atoms with van der Waals surface area (Å²) in [4.78, 5) is 6.75. The first kappa shape index (κ1) is 17.5. The number of nitrogens with zero attached hydrogens (tertiary/aromatic N) is 2. The van der Waals surface area contributed by atoms with E-state index in [2.05, 4.69) is 15.2 Å². The monoisotopic (exact) mass is 387 g/mol. The maximum Gasteiger partial charge on any atom is 0.191 e. The summed E-state index contributed by atoms with van der Waals surface area (Å²) in [5.41, 5.74) is 1.94. The van der Waals surface area contributed by atoms with Gasteiger partial charge in [-0.1, -0.05) is 29.8 Å². The minimum absolute atomic E-state index is 0.0243. The normalized spacial score (nSPS) is 15.5. The molecule has 4 rings (SSSR count). The zero-order valence-corrected chi connectivity index (χ0v) is 16.2. The third-order valence-electron chi connectivity index (χ3n) is 4.60. The molecule has 5 nitrogen and oxygen atoms in total. The number of aryl methyl sites for hydroxylation is 1. The molecule has 3 aromatic rings. The molecule has 0 spiro atoms. The van der Waals surface area contributed by atoms with E-state index in [-0.39, 0.29) is 5.75 Å². The molecule has 26 heavy (non-hydrogen) atoms. The number of fused-ring (bicyclic) bond motifs is 1. The van der Waals surface area contributed by atoms with Crippen LogP contribution in [-0.2, 0) is 15.6 Å². The topological polar surface area (TPSA) is 62.3 Å². The van der Waals surface area contributed by atoms with Crippen molar-refractivity contribution in [1.82, 2.24) is 10.3 Å². The van der Waals surface area contributed by atoms with Crippen LogP contribution in [0.3, 0.4) is 0 Å². The highest BCUT2D eigenvalue weighted by Gasteiger charge is 2.22. The summed E-state index contributed by atoms with van der Waals surface area (Å²) in [7, 11) is -3.38. The number of benzene rings is 1. The van der Waals surface area contributed by atoms with Crippen LogP contribution in [0.2, 0.25) is 0 Å². The molecule has 1 aromatic carbocycles. The summed E-state index contributed by atoms with van der Waals surface area (Å²) >= 11 is 1.33. The van der Waals surface area contributed by atoms with E-state index in [0.29, 0.717) is 4.21 Å². The van der Waals surface area contributed by atoms with Gasteiger partial charge in [-0.05, 0) is 24.6 Å². The zero-order chi connectivity index (χ0) is 18.1. The third kappa shape index (κ3) is 3.47. The van der Waals surface area contributed by atoms with Gasteiger partial charge in [0.2, 0.25) is 0 Å². The fraction of sp³-hybridized carbons (Fsp3) is 0.316. The van der Waals surface area contributed by atoms with Crippen molar-refractivity contribution in [3.8, 4) is 0 Å². The van der Waals surface area contributed by atoms with Gasteiger partial charge in [0.05, 0.1) is 5.75 Å². The molecule has 0 saturated carbocycles. The first-order chi connectivity index (χ1) is 12.5. The molecule has 7 heteroatoms. The van der Waals surface area contributed by atoms with E-state index < -0.39 is 9.84 Å². The largest absolute Gasteiger partial charge is 0.354 e. The van der Waals surface area contributed by atoms with Crippen molar-refractivity contribution in [2.75, 3.05) is 31.1 Å². The van der Waals surface area contributed by atoms with Crippen LogP contribution in [0.25, 0.3) is 10.1 Å². The van der Waals surface area contributed by atoms with E-state index in [0.717, 1.165) is 53.2 Å². The van der Waals surface area contributed by atoms with E-state index in [1.165, 1.54) is 11.3 Å². The fourth-order valence-corrected chi connectivity index (χ4v) is 5.99. The van der Waals surface area contributed by atoms with Gasteiger partial charge in [0.15, 0.2) is 9.84 Å². The molecule has 1 N–H and O–H groups in total. The lowest BCUT2D eigenvalue weighted by Gasteiger charge is -2.28. The molecule has 0 bridgehead atoms. The summed E-state index contributed by atoms with van der Waals surface area (Å²) in [5.74, 6) is 0.910. The van der Waals surface area contributed by atoms with Gasteiger partial charge in [-0.15, -0.1) is 11.3 Å². The second kappa shape index (κ2) is 6.98. The predicted molar refractivity (Wildman–Crippen MR) is 107 cm³/mol. The summed E-state index contributed by atoms with van der Waals surface area (Å²) in [6.45, 7) is 5.59. The molecular weight excluding hydrogens is 366 g/mol. The minimum Gasteiger partial charge on any atom is -0.354 e. The maximum absolute atomic E-state index is 12.9. The number of hydrogen-bond donors (Lipinski definition) is 1. The van der Waals surface area contributed by atoms with Crippen LogP contribution in [0.15, 0.2) is 46.8 Å². The van der Waals surface area contributed by atoms with Crippen LogP contribution in [0, 0.1) is 6.92 Å². The Bertz CT molecular complexity index is 1020. The molecule has 136 valence electrons. The van der Waals surface area contributed by atoms with E-state index in [1.54, 1.807) is 12.3 Å². The Hall–Kier alpha value is -1.96. The molecule has 3 heterocycles. The lowest BCUT2D eigenvalue weighted by molar-refractivity contribution is 0.586. The summed E-state index contributed by atoms with van der Waals surface area (Å²) in [5, 5.41) is 4.26. The molecule has 0 aliphatic carbocycles. The molecule has 1 fully saturated rings. The standard InChI is InChI=1S/C19H21N3O2S2/c1-14-2-4-15(5-3-14)13-26(23,24)18-12-16-17(25-18)6-7-21-19(16)22-10-8-20-9-11-22/h2-7,12,20H,8-11,13H2,1H3. The first-order valence-electron chi connectivity index (χ1n) is 8.65. The zero-order valence-electron chi connectivity index (χ0n) is 14.6. The van der Waals surface area contributed by atoms with Crippen molar-refractivity contribution in [3.63, 3.8) is 0 Å². The number of piperazine rings is 1. The Kier molecular flexibility index (Phi) is 4.69. The van der Waals surface area contributed by atoms with Crippen LogP contribution >= 0.6 is 11.3 Å². The Morgan fingerprint density at radius 1 is 1.15 bits per heavy atom. The van der Waals surface area contributed by atoms with Gasteiger partial charge < -0.3 is 10.2 Å². The molecule has 1 aliphatic rings. The lowest BCUT2D eigenvalue weighted by Crippen LogP contribution is -2.43. The Labute approximate surface area is 157 Å². The van der Waals surface area contributed by atoms with Crippen LogP contribution in [0.1, 0.15) is 11.1 Å². The number of thiophene rings is 1. The van der Waals surface area contributed by atoms with E-state index in [1.807, 2.05) is 37.3 Å². The van der Waals surface area contributed by atoms with Crippen LogP contribution in [-0.4, -0.2) is 39.6 Å². The van der Waals surface area contributed by atoms with E-state index >= 15 is 0 Å². The van der Waals surface area contributed by atoms with Crippen molar-refractivity contribution in [3.05, 3.63) is 53.7 Å². The molecular formula is C19H21N3O2S2. The molecule has 1 aliphatic heterocycles. The van der Waals surface area contributed by atoms with E-state index in [4.69, 9.17) is 0 Å². The average molecular weight is 388 g/mol. The van der Waals surface area contributed by atoms with Crippen LogP contribution < -0.4 is 10.2 Å². The van der Waals surface area contributed by atoms with Crippen LogP contribution in [0.4, 0.5) is 5.82 Å². The smallest absolute Gasteiger partial charge is 0.191 e. The van der Waals surface area contributed by atoms with Gasteiger partial charge in [0, 0.05) is 42.5 Å². The molecule has 1 saturated heterocycles. The molecule has 0 atom stereocenters. The number of nitrogens with one attached hydrogen (secondary N) is 1. The SMILES string of the molecule is Cc1ccc(CS(=O)(=O)c2cc3c(N4CCNCC4)nccc3s2)cc1. The summed E-state index contributed by atoms with van der Waals surface area (Å²) < 4.78 is 27.2. The highest BCUT2D eigenvalue weighted by Crippen LogP contribution is 2.35. The summed E-state index contributed by atoms with van der Waals surface area (Å²) in [6.07, 6.45) is 1.77. The number of rotatable bonds is 4. The number of sulfone groups is 1. The number of pyridine rings is 1.